The van der Waals surface area contributed by atoms with Gasteiger partial charge in [-0.2, -0.15) is 0 Å². The monoisotopic (exact) mass is 280 g/mol. The number of rotatable bonds is 1. The molecule has 0 saturated carbocycles. The van der Waals surface area contributed by atoms with Crippen LogP contribution in [0.15, 0.2) is 36.5 Å². The van der Waals surface area contributed by atoms with Crippen LogP contribution in [0.3, 0.4) is 0 Å². The predicted molar refractivity (Wildman–Crippen MR) is 75.3 cm³/mol. The van der Waals surface area contributed by atoms with Crippen LogP contribution in [0.25, 0.3) is 0 Å². The maximum Gasteiger partial charge on any atom is 0.274 e. The number of nitrogens with zero attached hydrogens (tertiary/aromatic N) is 1. The topological polar surface area (TPSA) is 68.3 Å². The van der Waals surface area contributed by atoms with E-state index >= 15 is 0 Å². The zero-order valence-corrected chi connectivity index (χ0v) is 11.3. The van der Waals surface area contributed by atoms with Gasteiger partial charge in [-0.1, -0.05) is 0 Å². The molecule has 2 aliphatic heterocycles. The molecule has 5 heteroatoms. The first-order valence-corrected chi connectivity index (χ1v) is 6.70. The smallest absolute Gasteiger partial charge is 0.274 e. The van der Waals surface area contributed by atoms with E-state index in [2.05, 4.69) is 10.3 Å². The summed E-state index contributed by atoms with van der Waals surface area (Å²) < 4.78 is 5.97. The quantitative estimate of drug-likeness (QED) is 0.812. The maximum absolute atomic E-state index is 12.4. The molecule has 1 N–H and O–H groups in total. The van der Waals surface area contributed by atoms with Gasteiger partial charge in [0, 0.05) is 23.7 Å². The molecule has 0 saturated heterocycles. The van der Waals surface area contributed by atoms with E-state index in [0.29, 0.717) is 23.6 Å². The molecule has 1 atom stereocenters. The Balaban J connectivity index is 1.83. The van der Waals surface area contributed by atoms with Crippen molar-refractivity contribution in [2.24, 2.45) is 0 Å². The zero-order chi connectivity index (χ0) is 14.6. The van der Waals surface area contributed by atoms with Gasteiger partial charge < -0.3 is 10.1 Å². The molecule has 0 aliphatic carbocycles. The van der Waals surface area contributed by atoms with Crippen LogP contribution < -0.4 is 10.1 Å². The SMILES string of the molecule is CC(=O)c1ccc2c(c1)CC1(O2)C(=O)Nc2ncccc21. The number of carbonyl (C=O) groups excluding carboxylic acids is 2. The second kappa shape index (κ2) is 3.91. The molecule has 21 heavy (non-hydrogen) atoms. The second-order valence-electron chi connectivity index (χ2n) is 5.34. The van der Waals surface area contributed by atoms with Gasteiger partial charge in [0.2, 0.25) is 5.60 Å². The summed E-state index contributed by atoms with van der Waals surface area (Å²) in [4.78, 5) is 28.1. The van der Waals surface area contributed by atoms with Crippen molar-refractivity contribution in [3.05, 3.63) is 53.2 Å². The highest BCUT2D eigenvalue weighted by Gasteiger charge is 2.53. The van der Waals surface area contributed by atoms with E-state index in [1.54, 1.807) is 30.5 Å². The lowest BCUT2D eigenvalue weighted by Crippen LogP contribution is -2.38. The Hall–Kier alpha value is -2.69. The number of carbonyl (C=O) groups is 2. The fourth-order valence-electron chi connectivity index (χ4n) is 2.97. The third-order valence-electron chi connectivity index (χ3n) is 4.03. The van der Waals surface area contributed by atoms with Gasteiger partial charge in [-0.05, 0) is 42.8 Å². The Labute approximate surface area is 121 Å². The Kier molecular flexibility index (Phi) is 2.25. The molecule has 1 aromatic heterocycles. The van der Waals surface area contributed by atoms with Gasteiger partial charge in [0.15, 0.2) is 5.78 Å². The third kappa shape index (κ3) is 1.54. The van der Waals surface area contributed by atoms with Crippen molar-refractivity contribution >= 4 is 17.5 Å². The van der Waals surface area contributed by atoms with Crippen LogP contribution in [0.2, 0.25) is 0 Å². The Bertz CT molecular complexity index is 800. The first kappa shape index (κ1) is 12.1. The molecule has 4 rings (SSSR count). The minimum Gasteiger partial charge on any atom is -0.472 e. The number of amides is 1. The molecular weight excluding hydrogens is 268 g/mol. The highest BCUT2D eigenvalue weighted by Crippen LogP contribution is 2.47. The van der Waals surface area contributed by atoms with Crippen LogP contribution in [0.1, 0.15) is 28.4 Å². The van der Waals surface area contributed by atoms with Crippen molar-refractivity contribution in [3.63, 3.8) is 0 Å². The molecule has 0 radical (unpaired) electrons. The van der Waals surface area contributed by atoms with E-state index < -0.39 is 5.60 Å². The molecule has 1 unspecified atom stereocenters. The van der Waals surface area contributed by atoms with Gasteiger partial charge in [-0.3, -0.25) is 9.59 Å². The first-order valence-electron chi connectivity index (χ1n) is 6.70. The van der Waals surface area contributed by atoms with Gasteiger partial charge in [-0.25, -0.2) is 4.98 Å². The highest BCUT2D eigenvalue weighted by atomic mass is 16.5. The normalized spacial score (nSPS) is 21.7. The van der Waals surface area contributed by atoms with Gasteiger partial charge in [-0.15, -0.1) is 0 Å². The summed E-state index contributed by atoms with van der Waals surface area (Å²) in [6.07, 6.45) is 2.04. The van der Waals surface area contributed by atoms with Crippen LogP contribution in [-0.2, 0) is 16.8 Å². The van der Waals surface area contributed by atoms with Crippen molar-refractivity contribution < 1.29 is 14.3 Å². The Morgan fingerprint density at radius 1 is 1.38 bits per heavy atom. The summed E-state index contributed by atoms with van der Waals surface area (Å²) in [5.74, 6) is 0.974. The summed E-state index contributed by atoms with van der Waals surface area (Å²) in [6, 6.07) is 8.90. The average molecular weight is 280 g/mol. The summed E-state index contributed by atoms with van der Waals surface area (Å²) in [5, 5.41) is 2.76. The fraction of sp³-hybridized carbons (Fsp3) is 0.188. The number of aromatic nitrogens is 1. The molecule has 0 bridgehead atoms. The number of fused-ring (bicyclic) bond motifs is 3. The Morgan fingerprint density at radius 3 is 3.05 bits per heavy atom. The first-order chi connectivity index (χ1) is 10.1. The predicted octanol–water partition coefficient (Wildman–Crippen LogP) is 2.07. The van der Waals surface area contributed by atoms with Crippen molar-refractivity contribution in [2.45, 2.75) is 18.9 Å². The summed E-state index contributed by atoms with van der Waals surface area (Å²) in [6.45, 7) is 1.52. The minimum atomic E-state index is -1.05. The second-order valence-corrected chi connectivity index (χ2v) is 5.34. The van der Waals surface area contributed by atoms with Gasteiger partial charge in [0.05, 0.1) is 0 Å². The van der Waals surface area contributed by atoms with Crippen LogP contribution in [0.4, 0.5) is 5.82 Å². The van der Waals surface area contributed by atoms with Crippen LogP contribution in [0.5, 0.6) is 5.75 Å². The van der Waals surface area contributed by atoms with E-state index in [0.717, 1.165) is 11.1 Å². The largest absolute Gasteiger partial charge is 0.472 e. The lowest BCUT2D eigenvalue weighted by atomic mass is 9.91. The van der Waals surface area contributed by atoms with Gasteiger partial charge in [0.25, 0.3) is 5.91 Å². The summed E-state index contributed by atoms with van der Waals surface area (Å²) in [5.41, 5.74) is 1.19. The number of ketones is 1. The molecule has 2 aliphatic rings. The average Bonchev–Trinajstić information content (AvgIpc) is 2.98. The molecule has 0 fully saturated rings. The lowest BCUT2D eigenvalue weighted by Gasteiger charge is -2.20. The number of hydrogen-bond acceptors (Lipinski definition) is 4. The fourth-order valence-corrected chi connectivity index (χ4v) is 2.97. The van der Waals surface area contributed by atoms with Crippen molar-refractivity contribution in [1.82, 2.24) is 4.98 Å². The molecule has 1 aromatic carbocycles. The molecule has 3 heterocycles. The molecule has 2 aromatic rings. The van der Waals surface area contributed by atoms with E-state index in [1.165, 1.54) is 6.92 Å². The standard InChI is InChI=1S/C16H12N2O3/c1-9(19)10-4-5-13-11(7-10)8-16(21-13)12-3-2-6-17-14(12)18-15(16)20/h2-7H,8H2,1H3,(H,17,18,20). The maximum atomic E-state index is 12.4. The van der Waals surface area contributed by atoms with Crippen LogP contribution >= 0.6 is 0 Å². The minimum absolute atomic E-state index is 0.00306. The van der Waals surface area contributed by atoms with E-state index in [-0.39, 0.29) is 11.7 Å². The van der Waals surface area contributed by atoms with E-state index in [1.807, 2.05) is 6.07 Å². The van der Waals surface area contributed by atoms with Crippen molar-refractivity contribution in [3.8, 4) is 5.75 Å². The number of nitrogens with one attached hydrogen (secondary N) is 1. The van der Waals surface area contributed by atoms with Crippen molar-refractivity contribution in [1.29, 1.82) is 0 Å². The van der Waals surface area contributed by atoms with Crippen molar-refractivity contribution in [2.75, 3.05) is 5.32 Å². The Morgan fingerprint density at radius 2 is 2.24 bits per heavy atom. The summed E-state index contributed by atoms with van der Waals surface area (Å²) in [7, 11) is 0. The molecule has 1 spiro atoms. The number of hydrogen-bond donors (Lipinski definition) is 1. The molecule has 104 valence electrons. The molecule has 5 nitrogen and oxygen atoms in total. The zero-order valence-electron chi connectivity index (χ0n) is 11.3. The lowest BCUT2D eigenvalue weighted by molar-refractivity contribution is -0.129. The number of ether oxygens (including phenoxy) is 1. The van der Waals surface area contributed by atoms with Gasteiger partial charge >= 0.3 is 0 Å². The van der Waals surface area contributed by atoms with Gasteiger partial charge in [0.1, 0.15) is 11.6 Å². The molecular formula is C16H12N2O3. The van der Waals surface area contributed by atoms with Crippen LogP contribution in [0, 0.1) is 0 Å². The highest BCUT2D eigenvalue weighted by molar-refractivity contribution is 6.05. The summed E-state index contributed by atoms with van der Waals surface area (Å²) >= 11 is 0. The number of Topliss-reactive ketones (excluding diaryl/α,β-unsaturated/α-hetero) is 1. The third-order valence-corrected chi connectivity index (χ3v) is 4.03. The van der Waals surface area contributed by atoms with E-state index in [9.17, 15) is 9.59 Å². The van der Waals surface area contributed by atoms with E-state index in [4.69, 9.17) is 4.74 Å². The number of anilines is 1. The number of benzene rings is 1. The number of pyridine rings is 1. The van der Waals surface area contributed by atoms with Crippen LogP contribution in [-0.4, -0.2) is 16.7 Å². The molecule has 1 amide bonds.